The molecular weight excluding hydrogens is 266 g/mol. The zero-order chi connectivity index (χ0) is 15.1. The Bertz CT molecular complexity index is 623. The first-order chi connectivity index (χ1) is 10.2. The van der Waals surface area contributed by atoms with Gasteiger partial charge in [-0.2, -0.15) is 0 Å². The Morgan fingerprint density at radius 3 is 2.43 bits per heavy atom. The second kappa shape index (κ2) is 7.24. The maximum Gasteiger partial charge on any atom is 0.338 e. The Morgan fingerprint density at radius 2 is 1.71 bits per heavy atom. The zero-order valence-corrected chi connectivity index (χ0v) is 11.8. The van der Waals surface area contributed by atoms with Crippen LogP contribution in [-0.4, -0.2) is 18.5 Å². The van der Waals surface area contributed by atoms with Gasteiger partial charge in [-0.15, -0.1) is 0 Å². The lowest BCUT2D eigenvalue weighted by Crippen LogP contribution is -2.12. The maximum atomic E-state index is 12.0. The highest BCUT2D eigenvalue weighted by Crippen LogP contribution is 2.13. The quantitative estimate of drug-likeness (QED) is 0.854. The van der Waals surface area contributed by atoms with Gasteiger partial charge >= 0.3 is 5.97 Å². The number of benzene rings is 2. The molecule has 0 unspecified atom stereocenters. The third-order valence-electron chi connectivity index (χ3n) is 2.83. The van der Waals surface area contributed by atoms with Gasteiger partial charge < -0.3 is 10.1 Å². The van der Waals surface area contributed by atoms with E-state index in [1.54, 1.807) is 48.5 Å². The number of amides is 1. The van der Waals surface area contributed by atoms with Crippen LogP contribution in [0.5, 0.6) is 0 Å². The van der Waals surface area contributed by atoms with Crippen LogP contribution in [-0.2, 0) is 4.74 Å². The first-order valence-electron chi connectivity index (χ1n) is 6.84. The van der Waals surface area contributed by atoms with Gasteiger partial charge in [-0.25, -0.2) is 4.79 Å². The van der Waals surface area contributed by atoms with E-state index in [-0.39, 0.29) is 11.9 Å². The van der Waals surface area contributed by atoms with E-state index in [9.17, 15) is 9.59 Å². The highest BCUT2D eigenvalue weighted by atomic mass is 16.5. The lowest BCUT2D eigenvalue weighted by molar-refractivity contribution is 0.0505. The monoisotopic (exact) mass is 283 g/mol. The van der Waals surface area contributed by atoms with Gasteiger partial charge in [0.1, 0.15) is 0 Å². The molecule has 0 saturated heterocycles. The third-order valence-corrected chi connectivity index (χ3v) is 2.83. The normalized spacial score (nSPS) is 9.95. The van der Waals surface area contributed by atoms with Crippen molar-refractivity contribution in [3.8, 4) is 0 Å². The van der Waals surface area contributed by atoms with Gasteiger partial charge in [0.2, 0.25) is 0 Å². The lowest BCUT2D eigenvalue weighted by Gasteiger charge is -2.07. The van der Waals surface area contributed by atoms with Crippen LogP contribution in [0.15, 0.2) is 54.6 Å². The average molecular weight is 283 g/mol. The minimum atomic E-state index is -0.382. The summed E-state index contributed by atoms with van der Waals surface area (Å²) in [5.41, 5.74) is 1.56. The third kappa shape index (κ3) is 4.18. The van der Waals surface area contributed by atoms with Crippen LogP contribution in [0, 0.1) is 0 Å². The Hall–Kier alpha value is -2.62. The van der Waals surface area contributed by atoms with Crippen LogP contribution in [0.25, 0.3) is 0 Å². The summed E-state index contributed by atoms with van der Waals surface area (Å²) in [6.07, 6.45) is 0.774. The van der Waals surface area contributed by atoms with Gasteiger partial charge in [0, 0.05) is 11.3 Å². The van der Waals surface area contributed by atoms with Crippen molar-refractivity contribution >= 4 is 17.6 Å². The van der Waals surface area contributed by atoms with Crippen molar-refractivity contribution in [2.45, 2.75) is 13.3 Å². The van der Waals surface area contributed by atoms with E-state index in [4.69, 9.17) is 4.74 Å². The summed E-state index contributed by atoms with van der Waals surface area (Å²) < 4.78 is 5.07. The largest absolute Gasteiger partial charge is 0.462 e. The second-order valence-corrected chi connectivity index (χ2v) is 4.54. The van der Waals surface area contributed by atoms with Gasteiger partial charge in [0.15, 0.2) is 0 Å². The van der Waals surface area contributed by atoms with Gasteiger partial charge in [-0.1, -0.05) is 31.2 Å². The molecule has 2 aromatic rings. The van der Waals surface area contributed by atoms with Crippen molar-refractivity contribution in [3.05, 3.63) is 65.7 Å². The summed E-state index contributed by atoms with van der Waals surface area (Å²) in [5.74, 6) is -0.595. The van der Waals surface area contributed by atoms with Gasteiger partial charge in [0.05, 0.1) is 12.2 Å². The Labute approximate surface area is 123 Å². The van der Waals surface area contributed by atoms with E-state index in [2.05, 4.69) is 5.32 Å². The number of rotatable bonds is 5. The molecule has 0 radical (unpaired) electrons. The van der Waals surface area contributed by atoms with E-state index in [0.29, 0.717) is 23.4 Å². The minimum absolute atomic E-state index is 0.213. The molecule has 4 nitrogen and oxygen atoms in total. The fraction of sp³-hybridized carbons (Fsp3) is 0.176. The zero-order valence-electron chi connectivity index (χ0n) is 11.8. The number of ether oxygens (including phenoxy) is 1. The fourth-order valence-electron chi connectivity index (χ4n) is 1.79. The molecule has 108 valence electrons. The molecule has 0 spiro atoms. The first-order valence-corrected chi connectivity index (χ1v) is 6.84. The highest BCUT2D eigenvalue weighted by molar-refractivity contribution is 6.04. The lowest BCUT2D eigenvalue weighted by atomic mass is 10.1. The van der Waals surface area contributed by atoms with Crippen molar-refractivity contribution in [2.24, 2.45) is 0 Å². The smallest absolute Gasteiger partial charge is 0.338 e. The first kappa shape index (κ1) is 14.8. The van der Waals surface area contributed by atoms with Crippen molar-refractivity contribution < 1.29 is 14.3 Å². The molecule has 0 saturated carbocycles. The summed E-state index contributed by atoms with van der Waals surface area (Å²) in [6.45, 7) is 2.32. The van der Waals surface area contributed by atoms with Gasteiger partial charge in [-0.3, -0.25) is 4.79 Å². The standard InChI is InChI=1S/C17H17NO3/c1-2-11-21-17(20)14-9-6-10-15(12-14)18-16(19)13-7-4-3-5-8-13/h3-10,12H,2,11H2,1H3,(H,18,19). The molecule has 0 bridgehead atoms. The van der Waals surface area contributed by atoms with Crippen LogP contribution in [0.1, 0.15) is 34.1 Å². The molecule has 0 fully saturated rings. The molecular formula is C17H17NO3. The summed E-state index contributed by atoms with van der Waals surface area (Å²) in [6, 6.07) is 15.6. The summed E-state index contributed by atoms with van der Waals surface area (Å²) >= 11 is 0. The number of carbonyl (C=O) groups is 2. The van der Waals surface area contributed by atoms with E-state index < -0.39 is 0 Å². The van der Waals surface area contributed by atoms with Crippen molar-refractivity contribution in [1.82, 2.24) is 0 Å². The van der Waals surface area contributed by atoms with Crippen LogP contribution in [0.3, 0.4) is 0 Å². The Morgan fingerprint density at radius 1 is 1.00 bits per heavy atom. The fourth-order valence-corrected chi connectivity index (χ4v) is 1.79. The van der Waals surface area contributed by atoms with E-state index >= 15 is 0 Å². The van der Waals surface area contributed by atoms with Gasteiger partial charge in [0.25, 0.3) is 5.91 Å². The molecule has 0 aliphatic rings. The number of hydrogen-bond acceptors (Lipinski definition) is 3. The number of carbonyl (C=O) groups excluding carboxylic acids is 2. The molecule has 1 N–H and O–H groups in total. The molecule has 0 aromatic heterocycles. The minimum Gasteiger partial charge on any atom is -0.462 e. The highest BCUT2D eigenvalue weighted by Gasteiger charge is 2.09. The molecule has 0 heterocycles. The Balaban J connectivity index is 2.07. The average Bonchev–Trinajstić information content (AvgIpc) is 2.53. The van der Waals surface area contributed by atoms with Crippen LogP contribution in [0.4, 0.5) is 5.69 Å². The molecule has 1 amide bonds. The summed E-state index contributed by atoms with van der Waals surface area (Å²) in [7, 11) is 0. The van der Waals surface area contributed by atoms with Gasteiger partial charge in [-0.05, 0) is 36.8 Å². The van der Waals surface area contributed by atoms with Crippen molar-refractivity contribution in [3.63, 3.8) is 0 Å². The molecule has 0 atom stereocenters. The molecule has 4 heteroatoms. The van der Waals surface area contributed by atoms with Crippen molar-refractivity contribution in [2.75, 3.05) is 11.9 Å². The molecule has 21 heavy (non-hydrogen) atoms. The number of esters is 1. The van der Waals surface area contributed by atoms with Crippen LogP contribution < -0.4 is 5.32 Å². The molecule has 0 aliphatic carbocycles. The predicted molar refractivity (Wildman–Crippen MR) is 81.4 cm³/mol. The molecule has 2 rings (SSSR count). The molecule has 2 aromatic carbocycles. The van der Waals surface area contributed by atoms with E-state index in [1.807, 2.05) is 13.0 Å². The topological polar surface area (TPSA) is 55.4 Å². The summed E-state index contributed by atoms with van der Waals surface area (Å²) in [4.78, 5) is 23.8. The van der Waals surface area contributed by atoms with E-state index in [1.165, 1.54) is 0 Å². The number of anilines is 1. The Kier molecular flexibility index (Phi) is 5.10. The van der Waals surface area contributed by atoms with Crippen LogP contribution in [0.2, 0.25) is 0 Å². The maximum absolute atomic E-state index is 12.0. The number of hydrogen-bond donors (Lipinski definition) is 1. The predicted octanol–water partition coefficient (Wildman–Crippen LogP) is 3.51. The van der Waals surface area contributed by atoms with E-state index in [0.717, 1.165) is 6.42 Å². The second-order valence-electron chi connectivity index (χ2n) is 4.54. The summed E-state index contributed by atoms with van der Waals surface area (Å²) in [5, 5.41) is 2.76. The molecule has 0 aliphatic heterocycles. The van der Waals surface area contributed by atoms with Crippen molar-refractivity contribution in [1.29, 1.82) is 0 Å². The van der Waals surface area contributed by atoms with Crippen LogP contribution >= 0.6 is 0 Å². The number of nitrogens with one attached hydrogen (secondary N) is 1. The SMILES string of the molecule is CCCOC(=O)c1cccc(NC(=O)c2ccccc2)c1.